The molecule has 6 heteroatoms. The molecule has 138 valence electrons. The second-order valence-electron chi connectivity index (χ2n) is 6.93. The lowest BCUT2D eigenvalue weighted by molar-refractivity contribution is -0.138. The molecule has 2 atom stereocenters. The van der Waals surface area contributed by atoms with Crippen LogP contribution in [0.2, 0.25) is 0 Å². The lowest BCUT2D eigenvalue weighted by atomic mass is 9.97. The van der Waals surface area contributed by atoms with E-state index < -0.39 is 5.97 Å². The van der Waals surface area contributed by atoms with Crippen LogP contribution < -0.4 is 0 Å². The van der Waals surface area contributed by atoms with E-state index in [1.165, 1.54) is 12.1 Å². The second-order valence-corrected chi connectivity index (χ2v) is 6.93. The van der Waals surface area contributed by atoms with Gasteiger partial charge in [-0.15, -0.1) is 0 Å². The summed E-state index contributed by atoms with van der Waals surface area (Å²) in [5, 5.41) is 8.92. The number of aliphatic carboxylic acids is 1. The van der Waals surface area contributed by atoms with Crippen LogP contribution in [-0.2, 0) is 9.59 Å². The third-order valence-corrected chi connectivity index (χ3v) is 4.98. The zero-order chi connectivity index (χ0) is 18.4. The molecule has 0 saturated carbocycles. The van der Waals surface area contributed by atoms with E-state index in [1.54, 1.807) is 12.1 Å². The van der Waals surface area contributed by atoms with Gasteiger partial charge in [0.15, 0.2) is 0 Å². The van der Waals surface area contributed by atoms with Gasteiger partial charge < -0.3 is 10.0 Å². The van der Waals surface area contributed by atoms with Crippen molar-refractivity contribution in [1.82, 2.24) is 9.80 Å². The number of likely N-dealkylation sites (tertiary alicyclic amines) is 1. The molecule has 1 aromatic carbocycles. The standard InChI is InChI=1S/C19H27FN2O3/c1-14(15-5-7-16(20)8-6-15)12-18(23)22-10-3-4-17(9-11-22)21(2)13-19(24)25/h5-8,14,17H,3-4,9-13H2,1-2H3,(H,24,25). The molecule has 5 nitrogen and oxygen atoms in total. The summed E-state index contributed by atoms with van der Waals surface area (Å²) in [6, 6.07) is 6.50. The molecule has 1 saturated heterocycles. The van der Waals surface area contributed by atoms with Gasteiger partial charge >= 0.3 is 5.97 Å². The first-order chi connectivity index (χ1) is 11.9. The molecule has 0 bridgehead atoms. The molecule has 1 heterocycles. The van der Waals surface area contributed by atoms with Gasteiger partial charge in [0.1, 0.15) is 5.82 Å². The average Bonchev–Trinajstić information content (AvgIpc) is 2.81. The van der Waals surface area contributed by atoms with E-state index in [4.69, 9.17) is 5.11 Å². The number of likely N-dealkylation sites (N-methyl/N-ethyl adjacent to an activating group) is 1. The predicted molar refractivity (Wildman–Crippen MR) is 93.9 cm³/mol. The molecule has 0 aliphatic carbocycles. The fourth-order valence-electron chi connectivity index (χ4n) is 3.41. The van der Waals surface area contributed by atoms with Crippen molar-refractivity contribution in [1.29, 1.82) is 0 Å². The smallest absolute Gasteiger partial charge is 0.317 e. The number of hydrogen-bond acceptors (Lipinski definition) is 3. The molecule has 1 aliphatic heterocycles. The highest BCUT2D eigenvalue weighted by molar-refractivity contribution is 5.77. The van der Waals surface area contributed by atoms with E-state index in [0.717, 1.165) is 24.8 Å². The number of amides is 1. The Morgan fingerprint density at radius 3 is 2.60 bits per heavy atom. The topological polar surface area (TPSA) is 60.9 Å². The zero-order valence-corrected chi connectivity index (χ0v) is 14.9. The minimum atomic E-state index is -0.826. The summed E-state index contributed by atoms with van der Waals surface area (Å²) >= 11 is 0. The summed E-state index contributed by atoms with van der Waals surface area (Å²) < 4.78 is 13.0. The Kier molecular flexibility index (Phi) is 6.93. The molecule has 1 aliphatic rings. The van der Waals surface area contributed by atoms with Crippen LogP contribution in [0.25, 0.3) is 0 Å². The monoisotopic (exact) mass is 350 g/mol. The van der Waals surface area contributed by atoms with Crippen molar-refractivity contribution in [2.45, 2.75) is 44.6 Å². The van der Waals surface area contributed by atoms with Crippen molar-refractivity contribution in [2.75, 3.05) is 26.7 Å². The molecule has 1 fully saturated rings. The summed E-state index contributed by atoms with van der Waals surface area (Å²) in [4.78, 5) is 27.2. The SMILES string of the molecule is CC(CC(=O)N1CCCC(N(C)CC(=O)O)CC1)c1ccc(F)cc1. The molecule has 25 heavy (non-hydrogen) atoms. The van der Waals surface area contributed by atoms with Crippen LogP contribution in [-0.4, -0.2) is 59.5 Å². The summed E-state index contributed by atoms with van der Waals surface area (Å²) in [7, 11) is 1.83. The number of hydrogen-bond donors (Lipinski definition) is 1. The first kappa shape index (κ1) is 19.4. The molecular formula is C19H27FN2O3. The van der Waals surface area contributed by atoms with Gasteiger partial charge in [-0.05, 0) is 49.9 Å². The highest BCUT2D eigenvalue weighted by Crippen LogP contribution is 2.22. The second kappa shape index (κ2) is 8.94. The van der Waals surface area contributed by atoms with Crippen LogP contribution in [0.3, 0.4) is 0 Å². The van der Waals surface area contributed by atoms with Crippen molar-refractivity contribution in [3.63, 3.8) is 0 Å². The third-order valence-electron chi connectivity index (χ3n) is 4.98. The van der Waals surface area contributed by atoms with Crippen molar-refractivity contribution < 1.29 is 19.1 Å². The molecule has 1 amide bonds. The highest BCUT2D eigenvalue weighted by Gasteiger charge is 2.24. The van der Waals surface area contributed by atoms with Crippen LogP contribution in [0.1, 0.15) is 44.1 Å². The van der Waals surface area contributed by atoms with Crippen molar-refractivity contribution in [3.8, 4) is 0 Å². The lowest BCUT2D eigenvalue weighted by Crippen LogP contribution is -2.37. The van der Waals surface area contributed by atoms with Gasteiger partial charge in [0.2, 0.25) is 5.91 Å². The van der Waals surface area contributed by atoms with Gasteiger partial charge in [-0.2, -0.15) is 0 Å². The number of carboxylic acid groups (broad SMARTS) is 1. The minimum absolute atomic E-state index is 0.0280. The number of carboxylic acids is 1. The van der Waals surface area contributed by atoms with Gasteiger partial charge in [0, 0.05) is 25.6 Å². The summed E-state index contributed by atoms with van der Waals surface area (Å²) in [6.07, 6.45) is 2.98. The van der Waals surface area contributed by atoms with E-state index in [-0.39, 0.29) is 30.2 Å². The molecular weight excluding hydrogens is 323 g/mol. The summed E-state index contributed by atoms with van der Waals surface area (Å²) in [6.45, 7) is 3.38. The number of nitrogens with zero attached hydrogens (tertiary/aromatic N) is 2. The molecule has 0 spiro atoms. The van der Waals surface area contributed by atoms with Crippen LogP contribution >= 0.6 is 0 Å². The van der Waals surface area contributed by atoms with Crippen LogP contribution in [0.5, 0.6) is 0 Å². The molecule has 0 aromatic heterocycles. The fraction of sp³-hybridized carbons (Fsp3) is 0.579. The Hall–Kier alpha value is -1.95. The van der Waals surface area contributed by atoms with Gasteiger partial charge in [0.05, 0.1) is 6.54 Å². The molecule has 2 unspecified atom stereocenters. The van der Waals surface area contributed by atoms with E-state index in [1.807, 2.05) is 23.8 Å². The minimum Gasteiger partial charge on any atom is -0.480 e. The maximum atomic E-state index is 13.0. The summed E-state index contributed by atoms with van der Waals surface area (Å²) in [5.74, 6) is -0.945. The molecule has 2 rings (SSSR count). The van der Waals surface area contributed by atoms with Gasteiger partial charge in [-0.25, -0.2) is 4.39 Å². The Morgan fingerprint density at radius 2 is 1.96 bits per heavy atom. The van der Waals surface area contributed by atoms with E-state index >= 15 is 0 Å². The Labute approximate surface area is 148 Å². The Bertz CT molecular complexity index is 591. The van der Waals surface area contributed by atoms with Crippen molar-refractivity contribution in [3.05, 3.63) is 35.6 Å². The maximum absolute atomic E-state index is 13.0. The molecule has 1 aromatic rings. The van der Waals surface area contributed by atoms with Crippen molar-refractivity contribution >= 4 is 11.9 Å². The van der Waals surface area contributed by atoms with Crippen LogP contribution in [0.15, 0.2) is 24.3 Å². The highest BCUT2D eigenvalue weighted by atomic mass is 19.1. The predicted octanol–water partition coefficient (Wildman–Crippen LogP) is 2.72. The quantitative estimate of drug-likeness (QED) is 0.857. The number of carbonyl (C=O) groups is 2. The first-order valence-corrected chi connectivity index (χ1v) is 8.82. The normalized spacial score (nSPS) is 19.5. The van der Waals surface area contributed by atoms with Crippen LogP contribution in [0.4, 0.5) is 4.39 Å². The number of halogens is 1. The number of benzene rings is 1. The number of carbonyl (C=O) groups excluding carboxylic acids is 1. The third kappa shape index (κ3) is 5.81. The first-order valence-electron chi connectivity index (χ1n) is 8.82. The van der Waals surface area contributed by atoms with Crippen molar-refractivity contribution in [2.24, 2.45) is 0 Å². The van der Waals surface area contributed by atoms with Gasteiger partial charge in [-0.1, -0.05) is 19.1 Å². The van der Waals surface area contributed by atoms with Crippen LogP contribution in [0, 0.1) is 5.82 Å². The van der Waals surface area contributed by atoms with E-state index in [0.29, 0.717) is 19.5 Å². The van der Waals surface area contributed by atoms with E-state index in [9.17, 15) is 14.0 Å². The average molecular weight is 350 g/mol. The van der Waals surface area contributed by atoms with Gasteiger partial charge in [-0.3, -0.25) is 14.5 Å². The zero-order valence-electron chi connectivity index (χ0n) is 14.9. The largest absolute Gasteiger partial charge is 0.480 e. The molecule has 0 radical (unpaired) electrons. The van der Waals surface area contributed by atoms with E-state index in [2.05, 4.69) is 0 Å². The molecule has 1 N–H and O–H groups in total. The summed E-state index contributed by atoms with van der Waals surface area (Å²) in [5.41, 5.74) is 0.962. The lowest BCUT2D eigenvalue weighted by Gasteiger charge is -2.26. The Balaban J connectivity index is 1.87. The number of rotatable bonds is 6. The fourth-order valence-corrected chi connectivity index (χ4v) is 3.41. The maximum Gasteiger partial charge on any atom is 0.317 e. The van der Waals surface area contributed by atoms with Gasteiger partial charge in [0.25, 0.3) is 0 Å². The Morgan fingerprint density at radius 1 is 1.28 bits per heavy atom.